The molecule has 0 radical (unpaired) electrons. The Morgan fingerprint density at radius 2 is 2.04 bits per heavy atom. The van der Waals surface area contributed by atoms with Crippen molar-refractivity contribution in [3.05, 3.63) is 59.0 Å². The van der Waals surface area contributed by atoms with Gasteiger partial charge in [0.05, 0.1) is 11.4 Å². The summed E-state index contributed by atoms with van der Waals surface area (Å²) in [6.45, 7) is 6.47. The molecular weight excluding hydrogens is 328 g/mol. The van der Waals surface area contributed by atoms with Gasteiger partial charge in [-0.25, -0.2) is 4.52 Å². The Labute approximate surface area is 152 Å². The van der Waals surface area contributed by atoms with Crippen molar-refractivity contribution < 1.29 is 4.79 Å². The lowest BCUT2D eigenvalue weighted by molar-refractivity contribution is 0.0930. The number of nitrogens with zero attached hydrogens (tertiary/aromatic N) is 5. The van der Waals surface area contributed by atoms with E-state index in [1.54, 1.807) is 4.52 Å². The van der Waals surface area contributed by atoms with Crippen molar-refractivity contribution in [3.8, 4) is 0 Å². The van der Waals surface area contributed by atoms with Crippen LogP contribution in [0, 0.1) is 13.8 Å². The summed E-state index contributed by atoms with van der Waals surface area (Å²) in [4.78, 5) is 15.0. The second-order valence-electron chi connectivity index (χ2n) is 6.87. The van der Waals surface area contributed by atoms with E-state index in [4.69, 9.17) is 0 Å². The first-order valence-corrected chi connectivity index (χ1v) is 8.87. The number of hydrogen-bond acceptors (Lipinski definition) is 5. The number of rotatable bonds is 4. The molecule has 1 saturated heterocycles. The summed E-state index contributed by atoms with van der Waals surface area (Å²) in [5.74, 6) is -0.184. The fourth-order valence-corrected chi connectivity index (χ4v) is 3.48. The topological polar surface area (TPSA) is 75.4 Å². The Morgan fingerprint density at radius 3 is 2.85 bits per heavy atom. The van der Waals surface area contributed by atoms with Gasteiger partial charge in [-0.2, -0.15) is 5.10 Å². The van der Waals surface area contributed by atoms with E-state index in [9.17, 15) is 4.79 Å². The first-order valence-electron chi connectivity index (χ1n) is 8.87. The molecule has 7 heteroatoms. The second kappa shape index (κ2) is 6.84. The maximum Gasteiger partial charge on any atom is 0.273 e. The molecule has 26 heavy (non-hydrogen) atoms. The van der Waals surface area contributed by atoms with E-state index in [0.29, 0.717) is 17.0 Å². The molecule has 7 nitrogen and oxygen atoms in total. The molecule has 3 heterocycles. The monoisotopic (exact) mass is 350 g/mol. The Kier molecular flexibility index (Phi) is 4.38. The van der Waals surface area contributed by atoms with Crippen LogP contribution in [0.2, 0.25) is 0 Å². The summed E-state index contributed by atoms with van der Waals surface area (Å²) in [5, 5.41) is 15.7. The molecular formula is C19H22N6O. The highest BCUT2D eigenvalue weighted by Gasteiger charge is 2.26. The number of fused-ring (bicyclic) bond motifs is 1. The van der Waals surface area contributed by atoms with Gasteiger partial charge in [-0.1, -0.05) is 30.3 Å². The molecule has 4 rings (SSSR count). The summed E-state index contributed by atoms with van der Waals surface area (Å²) in [6.07, 6.45) is 0.939. The number of carbonyl (C=O) groups excluding carboxylic acids is 1. The predicted molar refractivity (Wildman–Crippen MR) is 97.8 cm³/mol. The van der Waals surface area contributed by atoms with Crippen LogP contribution in [0.4, 0.5) is 0 Å². The molecule has 134 valence electrons. The number of amides is 1. The minimum absolute atomic E-state index is 0.127. The number of nitrogens with one attached hydrogen (secondary N) is 1. The lowest BCUT2D eigenvalue weighted by Crippen LogP contribution is -2.38. The van der Waals surface area contributed by atoms with E-state index in [2.05, 4.69) is 49.8 Å². The first-order chi connectivity index (χ1) is 12.6. The van der Waals surface area contributed by atoms with Crippen molar-refractivity contribution in [2.24, 2.45) is 0 Å². The normalized spacial score (nSPS) is 17.7. The summed E-state index contributed by atoms with van der Waals surface area (Å²) in [5.41, 5.74) is 3.85. The number of aryl methyl sites for hydroxylation is 2. The third kappa shape index (κ3) is 3.30. The summed E-state index contributed by atoms with van der Waals surface area (Å²) in [7, 11) is 0. The maximum absolute atomic E-state index is 12.7. The van der Waals surface area contributed by atoms with Crippen LogP contribution in [0.25, 0.3) is 5.65 Å². The van der Waals surface area contributed by atoms with E-state index in [1.165, 1.54) is 5.56 Å². The lowest BCUT2D eigenvalue weighted by atomic mass is 10.2. The van der Waals surface area contributed by atoms with Crippen LogP contribution in [-0.2, 0) is 6.54 Å². The van der Waals surface area contributed by atoms with Crippen molar-refractivity contribution in [2.45, 2.75) is 32.9 Å². The smallest absolute Gasteiger partial charge is 0.273 e. The Bertz CT molecular complexity index is 936. The molecule has 2 aromatic heterocycles. The van der Waals surface area contributed by atoms with Gasteiger partial charge in [0.15, 0.2) is 11.3 Å². The van der Waals surface area contributed by atoms with Gasteiger partial charge in [0.2, 0.25) is 0 Å². The predicted octanol–water partition coefficient (Wildman–Crippen LogP) is 1.75. The molecule has 1 atom stereocenters. The number of hydrogen-bond donors (Lipinski definition) is 1. The van der Waals surface area contributed by atoms with Gasteiger partial charge in [0, 0.05) is 31.7 Å². The summed E-state index contributed by atoms with van der Waals surface area (Å²) < 4.78 is 1.67. The molecule has 1 N–H and O–H groups in total. The van der Waals surface area contributed by atoms with E-state index in [1.807, 2.05) is 26.0 Å². The minimum atomic E-state index is -0.184. The lowest BCUT2D eigenvalue weighted by Gasteiger charge is -2.17. The average Bonchev–Trinajstić information content (AvgIpc) is 3.22. The van der Waals surface area contributed by atoms with Crippen LogP contribution in [-0.4, -0.2) is 49.7 Å². The zero-order valence-corrected chi connectivity index (χ0v) is 15.0. The number of likely N-dealkylation sites (tertiary alicyclic amines) is 1. The standard InChI is InChI=1S/C19H22N6O/c1-13-10-17-21-22-18(14(2)25(17)23-13)19(26)20-16-8-9-24(12-16)11-15-6-4-3-5-7-15/h3-7,10,16H,8-9,11-12H2,1-2H3,(H,20,26). The highest BCUT2D eigenvalue weighted by Crippen LogP contribution is 2.15. The van der Waals surface area contributed by atoms with Gasteiger partial charge in [-0.3, -0.25) is 9.69 Å². The second-order valence-corrected chi connectivity index (χ2v) is 6.87. The molecule has 1 amide bonds. The Hall–Kier alpha value is -2.80. The Morgan fingerprint density at radius 1 is 1.23 bits per heavy atom. The summed E-state index contributed by atoms with van der Waals surface area (Å²) >= 11 is 0. The highest BCUT2D eigenvalue weighted by molar-refractivity contribution is 5.93. The molecule has 1 aliphatic rings. The molecule has 0 aliphatic carbocycles. The number of benzene rings is 1. The van der Waals surface area contributed by atoms with Gasteiger partial charge < -0.3 is 5.32 Å². The van der Waals surface area contributed by atoms with Crippen LogP contribution in [0.15, 0.2) is 36.4 Å². The van der Waals surface area contributed by atoms with E-state index >= 15 is 0 Å². The van der Waals surface area contributed by atoms with Crippen LogP contribution < -0.4 is 5.32 Å². The van der Waals surface area contributed by atoms with Gasteiger partial charge in [0.1, 0.15) is 0 Å². The molecule has 0 bridgehead atoms. The first kappa shape index (κ1) is 16.7. The zero-order chi connectivity index (χ0) is 18.1. The molecule has 1 aromatic carbocycles. The van der Waals surface area contributed by atoms with E-state index in [-0.39, 0.29) is 11.9 Å². The molecule has 1 aliphatic heterocycles. The molecule has 1 unspecified atom stereocenters. The third-order valence-electron chi connectivity index (χ3n) is 4.80. The van der Waals surface area contributed by atoms with Gasteiger partial charge in [0.25, 0.3) is 5.91 Å². The largest absolute Gasteiger partial charge is 0.347 e. The van der Waals surface area contributed by atoms with Crippen molar-refractivity contribution in [2.75, 3.05) is 13.1 Å². The third-order valence-corrected chi connectivity index (χ3v) is 4.80. The van der Waals surface area contributed by atoms with E-state index in [0.717, 1.165) is 31.7 Å². The molecule has 0 spiro atoms. The number of carbonyl (C=O) groups is 1. The van der Waals surface area contributed by atoms with Crippen molar-refractivity contribution in [1.82, 2.24) is 30.0 Å². The van der Waals surface area contributed by atoms with E-state index < -0.39 is 0 Å². The van der Waals surface area contributed by atoms with Crippen molar-refractivity contribution in [1.29, 1.82) is 0 Å². The summed E-state index contributed by atoms with van der Waals surface area (Å²) in [6, 6.07) is 12.4. The minimum Gasteiger partial charge on any atom is -0.347 e. The fraction of sp³-hybridized carbons (Fsp3) is 0.368. The fourth-order valence-electron chi connectivity index (χ4n) is 3.48. The average molecular weight is 350 g/mol. The SMILES string of the molecule is Cc1cc2nnc(C(=O)NC3CCN(Cc4ccccc4)C3)c(C)n2n1. The maximum atomic E-state index is 12.7. The van der Waals surface area contributed by atoms with Gasteiger partial charge >= 0.3 is 0 Å². The van der Waals surface area contributed by atoms with Crippen molar-refractivity contribution in [3.63, 3.8) is 0 Å². The van der Waals surface area contributed by atoms with Gasteiger partial charge in [-0.15, -0.1) is 10.2 Å². The Balaban J connectivity index is 1.42. The number of aromatic nitrogens is 4. The van der Waals surface area contributed by atoms with Crippen LogP contribution in [0.5, 0.6) is 0 Å². The molecule has 0 saturated carbocycles. The molecule has 3 aromatic rings. The van der Waals surface area contributed by atoms with Crippen LogP contribution >= 0.6 is 0 Å². The molecule has 1 fully saturated rings. The van der Waals surface area contributed by atoms with Crippen LogP contribution in [0.3, 0.4) is 0 Å². The zero-order valence-electron chi connectivity index (χ0n) is 15.0. The quantitative estimate of drug-likeness (QED) is 0.776. The van der Waals surface area contributed by atoms with Gasteiger partial charge in [-0.05, 0) is 25.8 Å². The van der Waals surface area contributed by atoms with Crippen molar-refractivity contribution >= 4 is 11.6 Å². The van der Waals surface area contributed by atoms with Crippen LogP contribution in [0.1, 0.15) is 33.9 Å². The highest BCUT2D eigenvalue weighted by atomic mass is 16.2.